The fraction of sp³-hybridized carbons (Fsp3) is 0.214. The topological polar surface area (TPSA) is 34.1 Å². The van der Waals surface area contributed by atoms with Gasteiger partial charge in [-0.3, -0.25) is 0 Å². The number of ether oxygens (including phenoxy) is 1. The van der Waals surface area contributed by atoms with Crippen LogP contribution in [0.4, 0.5) is 5.82 Å². The van der Waals surface area contributed by atoms with E-state index >= 15 is 0 Å². The normalized spacial score (nSPS) is 9.94. The minimum Gasteiger partial charge on any atom is -0.481 e. The van der Waals surface area contributed by atoms with E-state index in [1.54, 1.807) is 7.11 Å². The van der Waals surface area contributed by atoms with E-state index in [9.17, 15) is 0 Å². The molecule has 1 aromatic heterocycles. The molecule has 0 bridgehead atoms. The standard InChI is InChI=1S/C14H16N2O/c1-17-14-9-5-8-13(16-14)15-11-10-12-6-3-2-4-7-12/h2-9H,10-11H2,1H3,(H,15,16). The summed E-state index contributed by atoms with van der Waals surface area (Å²) in [5, 5.41) is 3.28. The number of nitrogens with zero attached hydrogens (tertiary/aromatic N) is 1. The van der Waals surface area contributed by atoms with Crippen LogP contribution in [0.25, 0.3) is 0 Å². The van der Waals surface area contributed by atoms with Crippen LogP contribution in [0.1, 0.15) is 5.56 Å². The van der Waals surface area contributed by atoms with Crippen molar-refractivity contribution in [1.29, 1.82) is 0 Å². The van der Waals surface area contributed by atoms with Crippen LogP contribution in [-0.4, -0.2) is 18.6 Å². The van der Waals surface area contributed by atoms with Crippen molar-refractivity contribution in [3.05, 3.63) is 54.1 Å². The number of anilines is 1. The maximum absolute atomic E-state index is 5.07. The third kappa shape index (κ3) is 3.48. The molecule has 0 aliphatic rings. The molecule has 0 radical (unpaired) electrons. The van der Waals surface area contributed by atoms with Crippen LogP contribution in [0.2, 0.25) is 0 Å². The maximum atomic E-state index is 5.07. The van der Waals surface area contributed by atoms with Crippen LogP contribution in [0.3, 0.4) is 0 Å². The number of nitrogens with one attached hydrogen (secondary N) is 1. The van der Waals surface area contributed by atoms with Gasteiger partial charge >= 0.3 is 0 Å². The van der Waals surface area contributed by atoms with Crippen molar-refractivity contribution >= 4 is 5.82 Å². The van der Waals surface area contributed by atoms with E-state index in [-0.39, 0.29) is 0 Å². The number of hydrogen-bond donors (Lipinski definition) is 1. The highest BCUT2D eigenvalue weighted by atomic mass is 16.5. The third-order valence-electron chi connectivity index (χ3n) is 2.50. The van der Waals surface area contributed by atoms with Gasteiger partial charge in [0.2, 0.25) is 5.88 Å². The molecule has 0 aliphatic carbocycles. The first kappa shape index (κ1) is 11.5. The molecule has 1 heterocycles. The molecule has 0 unspecified atom stereocenters. The lowest BCUT2D eigenvalue weighted by atomic mass is 10.1. The van der Waals surface area contributed by atoms with Crippen LogP contribution < -0.4 is 10.1 Å². The zero-order chi connectivity index (χ0) is 11.9. The lowest BCUT2D eigenvalue weighted by Crippen LogP contribution is -2.06. The number of benzene rings is 1. The predicted molar refractivity (Wildman–Crippen MR) is 69.4 cm³/mol. The Morgan fingerprint density at radius 2 is 1.88 bits per heavy atom. The van der Waals surface area contributed by atoms with Gasteiger partial charge in [-0.25, -0.2) is 0 Å². The zero-order valence-corrected chi connectivity index (χ0v) is 9.89. The fourth-order valence-electron chi connectivity index (χ4n) is 1.61. The highest BCUT2D eigenvalue weighted by Gasteiger charge is 1.96. The van der Waals surface area contributed by atoms with Gasteiger partial charge in [-0.15, -0.1) is 0 Å². The zero-order valence-electron chi connectivity index (χ0n) is 9.89. The minimum atomic E-state index is 0.634. The van der Waals surface area contributed by atoms with Crippen molar-refractivity contribution in [3.63, 3.8) is 0 Å². The van der Waals surface area contributed by atoms with E-state index < -0.39 is 0 Å². The fourth-order valence-corrected chi connectivity index (χ4v) is 1.61. The Morgan fingerprint density at radius 1 is 1.06 bits per heavy atom. The summed E-state index contributed by atoms with van der Waals surface area (Å²) in [6.45, 7) is 0.865. The number of pyridine rings is 1. The van der Waals surface area contributed by atoms with Crippen molar-refractivity contribution in [2.75, 3.05) is 19.0 Å². The molecule has 0 saturated carbocycles. The highest BCUT2D eigenvalue weighted by molar-refractivity contribution is 5.37. The van der Waals surface area contributed by atoms with Gasteiger partial charge in [0.1, 0.15) is 5.82 Å². The SMILES string of the molecule is COc1cccc(NCCc2ccccc2)n1. The Bertz CT molecular complexity index is 457. The van der Waals surface area contributed by atoms with Gasteiger partial charge in [-0.1, -0.05) is 36.4 Å². The van der Waals surface area contributed by atoms with E-state index in [0.717, 1.165) is 18.8 Å². The van der Waals surface area contributed by atoms with Crippen molar-refractivity contribution in [1.82, 2.24) is 4.98 Å². The van der Waals surface area contributed by atoms with Gasteiger partial charge in [0.05, 0.1) is 7.11 Å². The van der Waals surface area contributed by atoms with Gasteiger partial charge < -0.3 is 10.1 Å². The monoisotopic (exact) mass is 228 g/mol. The van der Waals surface area contributed by atoms with Crippen LogP contribution >= 0.6 is 0 Å². The summed E-state index contributed by atoms with van der Waals surface area (Å²) in [5.41, 5.74) is 1.32. The van der Waals surface area contributed by atoms with Crippen molar-refractivity contribution in [3.8, 4) is 5.88 Å². The number of aromatic nitrogens is 1. The minimum absolute atomic E-state index is 0.634. The van der Waals surface area contributed by atoms with Crippen molar-refractivity contribution in [2.24, 2.45) is 0 Å². The Balaban J connectivity index is 1.86. The molecule has 2 aromatic rings. The summed E-state index contributed by atoms with van der Waals surface area (Å²) in [4.78, 5) is 4.29. The largest absolute Gasteiger partial charge is 0.481 e. The molecule has 1 aromatic carbocycles. The smallest absolute Gasteiger partial charge is 0.214 e. The van der Waals surface area contributed by atoms with E-state index in [4.69, 9.17) is 4.74 Å². The second-order valence-corrected chi connectivity index (χ2v) is 3.73. The first-order valence-corrected chi connectivity index (χ1v) is 5.67. The predicted octanol–water partition coefficient (Wildman–Crippen LogP) is 2.74. The van der Waals surface area contributed by atoms with Crippen LogP contribution in [-0.2, 0) is 6.42 Å². The Kier molecular flexibility index (Phi) is 3.97. The van der Waals surface area contributed by atoms with Crippen LogP contribution in [0.5, 0.6) is 5.88 Å². The summed E-state index contributed by atoms with van der Waals surface area (Å²) in [6.07, 6.45) is 0.986. The molecule has 0 amide bonds. The first-order chi connectivity index (χ1) is 8.38. The van der Waals surface area contributed by atoms with Gasteiger partial charge in [0.25, 0.3) is 0 Å². The Hall–Kier alpha value is -2.03. The lowest BCUT2D eigenvalue weighted by Gasteiger charge is -2.06. The van der Waals surface area contributed by atoms with E-state index in [0.29, 0.717) is 5.88 Å². The number of hydrogen-bond acceptors (Lipinski definition) is 3. The van der Waals surface area contributed by atoms with Crippen molar-refractivity contribution in [2.45, 2.75) is 6.42 Å². The molecule has 1 N–H and O–H groups in total. The second-order valence-electron chi connectivity index (χ2n) is 3.73. The molecule has 0 spiro atoms. The molecule has 0 atom stereocenters. The van der Waals surface area contributed by atoms with Crippen LogP contribution in [0.15, 0.2) is 48.5 Å². The van der Waals surface area contributed by atoms with E-state index in [1.165, 1.54) is 5.56 Å². The molecule has 3 nitrogen and oxygen atoms in total. The molecule has 0 saturated heterocycles. The molecule has 17 heavy (non-hydrogen) atoms. The lowest BCUT2D eigenvalue weighted by molar-refractivity contribution is 0.398. The summed E-state index contributed by atoms with van der Waals surface area (Å²) < 4.78 is 5.07. The molecule has 0 fully saturated rings. The van der Waals surface area contributed by atoms with E-state index in [1.807, 2.05) is 24.3 Å². The summed E-state index contributed by atoms with van der Waals surface area (Å²) in [5.74, 6) is 1.48. The van der Waals surface area contributed by atoms with Crippen molar-refractivity contribution < 1.29 is 4.74 Å². The van der Waals surface area contributed by atoms with E-state index in [2.05, 4.69) is 34.6 Å². The number of methoxy groups -OCH3 is 1. The van der Waals surface area contributed by atoms with Gasteiger partial charge in [0, 0.05) is 12.6 Å². The van der Waals surface area contributed by atoms with Crippen LogP contribution in [0, 0.1) is 0 Å². The average molecular weight is 228 g/mol. The van der Waals surface area contributed by atoms with Gasteiger partial charge in [-0.05, 0) is 18.1 Å². The molecular weight excluding hydrogens is 212 g/mol. The second kappa shape index (κ2) is 5.89. The first-order valence-electron chi connectivity index (χ1n) is 5.67. The number of rotatable bonds is 5. The summed E-state index contributed by atoms with van der Waals surface area (Å²) >= 11 is 0. The molecule has 2 rings (SSSR count). The maximum Gasteiger partial charge on any atom is 0.214 e. The highest BCUT2D eigenvalue weighted by Crippen LogP contribution is 2.10. The Labute approximate surface area is 101 Å². The molecule has 3 heteroatoms. The quantitative estimate of drug-likeness (QED) is 0.854. The summed E-state index contributed by atoms with van der Waals surface area (Å²) in [7, 11) is 1.62. The molecule has 0 aliphatic heterocycles. The van der Waals surface area contributed by atoms with Gasteiger partial charge in [-0.2, -0.15) is 4.98 Å². The third-order valence-corrected chi connectivity index (χ3v) is 2.50. The molecular formula is C14H16N2O. The Morgan fingerprint density at radius 3 is 2.65 bits per heavy atom. The average Bonchev–Trinajstić information content (AvgIpc) is 2.40. The molecule has 88 valence electrons. The van der Waals surface area contributed by atoms with Gasteiger partial charge in [0.15, 0.2) is 0 Å². The summed E-state index contributed by atoms with van der Waals surface area (Å²) in [6, 6.07) is 16.1.